The highest BCUT2D eigenvalue weighted by Gasteiger charge is 2.35. The first-order chi connectivity index (χ1) is 13.2. The largest absolute Gasteiger partial charge is 0.416 e. The molecule has 0 aromatic heterocycles. The van der Waals surface area contributed by atoms with Gasteiger partial charge in [0.25, 0.3) is 11.8 Å². The van der Waals surface area contributed by atoms with E-state index >= 15 is 0 Å². The van der Waals surface area contributed by atoms with Crippen LogP contribution in [0.25, 0.3) is 0 Å². The normalized spacial score (nSPS) is 19.1. The van der Waals surface area contributed by atoms with Gasteiger partial charge in [-0.05, 0) is 37.5 Å². The van der Waals surface area contributed by atoms with Crippen molar-refractivity contribution in [1.82, 2.24) is 10.4 Å². The molecule has 7 nitrogen and oxygen atoms in total. The lowest BCUT2D eigenvalue weighted by molar-refractivity contribution is -0.896. The molecule has 0 radical (unpaired) electrons. The fraction of sp³-hybridized carbons (Fsp3) is 0.500. The predicted octanol–water partition coefficient (Wildman–Crippen LogP) is -0.0194. The van der Waals surface area contributed by atoms with Crippen molar-refractivity contribution in [2.24, 2.45) is 0 Å². The van der Waals surface area contributed by atoms with Crippen molar-refractivity contribution in [3.63, 3.8) is 0 Å². The summed E-state index contributed by atoms with van der Waals surface area (Å²) >= 11 is 0. The van der Waals surface area contributed by atoms with Crippen LogP contribution in [0.2, 0.25) is 0 Å². The topological polar surface area (TPSA) is 74.2 Å². The van der Waals surface area contributed by atoms with Gasteiger partial charge in [-0.1, -0.05) is 6.07 Å². The molecular weight excluding hydrogens is 377 g/mol. The highest BCUT2D eigenvalue weighted by Crippen LogP contribution is 2.32. The average Bonchev–Trinajstić information content (AvgIpc) is 2.64. The molecule has 2 saturated heterocycles. The Hall–Kier alpha value is -2.62. The predicted molar refractivity (Wildman–Crippen MR) is 93.1 cm³/mol. The Morgan fingerprint density at radius 1 is 1.07 bits per heavy atom. The highest BCUT2D eigenvalue weighted by atomic mass is 19.4. The molecule has 152 valence electrons. The Morgan fingerprint density at radius 2 is 1.79 bits per heavy atom. The Kier molecular flexibility index (Phi) is 5.87. The average molecular weight is 399 g/mol. The lowest BCUT2D eigenvalue weighted by Gasteiger charge is -2.34. The number of hydrazine groups is 1. The van der Waals surface area contributed by atoms with Gasteiger partial charge in [-0.25, -0.2) is 5.01 Å². The van der Waals surface area contributed by atoms with E-state index in [-0.39, 0.29) is 18.1 Å². The minimum absolute atomic E-state index is 0.00286. The number of alkyl halides is 3. The molecule has 2 N–H and O–H groups in total. The lowest BCUT2D eigenvalue weighted by Crippen LogP contribution is -3.14. The van der Waals surface area contributed by atoms with Gasteiger partial charge >= 0.3 is 6.18 Å². The monoisotopic (exact) mass is 399 g/mol. The van der Waals surface area contributed by atoms with Crippen molar-refractivity contribution in [2.45, 2.75) is 25.4 Å². The van der Waals surface area contributed by atoms with Crippen molar-refractivity contribution >= 4 is 23.4 Å². The summed E-state index contributed by atoms with van der Waals surface area (Å²) in [5.74, 6) is -1.48. The van der Waals surface area contributed by atoms with E-state index < -0.39 is 36.6 Å². The molecule has 2 aliphatic rings. The summed E-state index contributed by atoms with van der Waals surface area (Å²) in [6.45, 7) is 1.15. The van der Waals surface area contributed by atoms with Gasteiger partial charge in [0.15, 0.2) is 6.54 Å². The fourth-order valence-electron chi connectivity index (χ4n) is 3.45. The number of piperidine rings is 1. The van der Waals surface area contributed by atoms with Gasteiger partial charge in [0.1, 0.15) is 13.1 Å². The van der Waals surface area contributed by atoms with E-state index in [9.17, 15) is 27.6 Å². The maximum Gasteiger partial charge on any atom is 0.416 e. The van der Waals surface area contributed by atoms with Crippen LogP contribution in [-0.4, -0.2) is 55.5 Å². The second-order valence-corrected chi connectivity index (χ2v) is 7.03. The van der Waals surface area contributed by atoms with Crippen LogP contribution >= 0.6 is 0 Å². The number of carbonyl (C=O) groups excluding carboxylic acids is 3. The number of benzene rings is 1. The smallest absolute Gasteiger partial charge is 0.327 e. The molecule has 0 bridgehead atoms. The molecule has 0 aliphatic carbocycles. The molecule has 10 heteroatoms. The van der Waals surface area contributed by atoms with Gasteiger partial charge < -0.3 is 9.80 Å². The molecule has 2 fully saturated rings. The molecule has 2 heterocycles. The van der Waals surface area contributed by atoms with Crippen LogP contribution in [0, 0.1) is 0 Å². The van der Waals surface area contributed by atoms with Crippen LogP contribution < -0.4 is 15.2 Å². The Balaban J connectivity index is 1.62. The highest BCUT2D eigenvalue weighted by molar-refractivity contribution is 6.05. The lowest BCUT2D eigenvalue weighted by atomic mass is 10.1. The van der Waals surface area contributed by atoms with Crippen molar-refractivity contribution in [3.05, 3.63) is 29.8 Å². The first kappa shape index (κ1) is 20.1. The summed E-state index contributed by atoms with van der Waals surface area (Å²) in [6, 6.07) is 4.26. The summed E-state index contributed by atoms with van der Waals surface area (Å²) in [6.07, 6.45) is -1.29. The third-order valence-corrected chi connectivity index (χ3v) is 4.90. The second-order valence-electron chi connectivity index (χ2n) is 7.03. The van der Waals surface area contributed by atoms with Crippen LogP contribution in [0.5, 0.6) is 0 Å². The Labute approximate surface area is 160 Å². The SMILES string of the molecule is O=C(C[NH+]1CCCCC1)NN1CC(=O)N(c2cccc(C(F)(F)F)c2)CC1=O. The van der Waals surface area contributed by atoms with Gasteiger partial charge in [0, 0.05) is 5.69 Å². The van der Waals surface area contributed by atoms with Crippen molar-refractivity contribution in [1.29, 1.82) is 0 Å². The third-order valence-electron chi connectivity index (χ3n) is 4.90. The Bertz CT molecular complexity index is 763. The quantitative estimate of drug-likeness (QED) is 0.748. The van der Waals surface area contributed by atoms with E-state index in [4.69, 9.17) is 0 Å². The number of rotatable bonds is 4. The van der Waals surface area contributed by atoms with Crippen molar-refractivity contribution in [2.75, 3.05) is 37.6 Å². The van der Waals surface area contributed by atoms with Gasteiger partial charge in [-0.3, -0.25) is 19.8 Å². The number of nitrogens with one attached hydrogen (secondary N) is 2. The molecule has 2 aliphatic heterocycles. The van der Waals surface area contributed by atoms with E-state index in [1.165, 1.54) is 12.1 Å². The first-order valence-electron chi connectivity index (χ1n) is 9.15. The number of hydrogen-bond acceptors (Lipinski definition) is 3. The number of amides is 3. The summed E-state index contributed by atoms with van der Waals surface area (Å²) < 4.78 is 38.6. The minimum atomic E-state index is -4.55. The summed E-state index contributed by atoms with van der Waals surface area (Å²) in [5.41, 5.74) is 1.55. The molecule has 1 aromatic rings. The summed E-state index contributed by atoms with van der Waals surface area (Å²) in [4.78, 5) is 39.0. The number of halogens is 3. The van der Waals surface area contributed by atoms with E-state index in [1.54, 1.807) is 0 Å². The number of likely N-dealkylation sites (tertiary alicyclic amines) is 1. The maximum absolute atomic E-state index is 12.9. The molecule has 0 spiro atoms. The molecular formula is C18H22F3N4O3+. The molecule has 28 heavy (non-hydrogen) atoms. The standard InChI is InChI=1S/C18H21F3N4O3/c19-18(20,21)13-5-4-6-14(9-13)24-11-17(28)25(12-16(24)27)22-15(26)10-23-7-2-1-3-8-23/h4-6,9H,1-3,7-8,10-12H2,(H,22,26)/p+1. The number of piperazine rings is 1. The second kappa shape index (κ2) is 8.17. The third kappa shape index (κ3) is 4.80. The number of anilines is 1. The zero-order chi connectivity index (χ0) is 20.3. The zero-order valence-electron chi connectivity index (χ0n) is 15.2. The van der Waals surface area contributed by atoms with Gasteiger partial charge in [-0.15, -0.1) is 0 Å². The minimum Gasteiger partial charge on any atom is -0.327 e. The summed E-state index contributed by atoms with van der Waals surface area (Å²) in [7, 11) is 0. The molecule has 3 rings (SSSR count). The molecule has 0 unspecified atom stereocenters. The van der Waals surface area contributed by atoms with Crippen molar-refractivity contribution < 1.29 is 32.5 Å². The van der Waals surface area contributed by atoms with Crippen LogP contribution in [-0.2, 0) is 20.6 Å². The summed E-state index contributed by atoms with van der Waals surface area (Å²) in [5, 5.41) is 0.943. The van der Waals surface area contributed by atoms with E-state index in [2.05, 4.69) is 5.43 Å². The molecule has 0 saturated carbocycles. The fourth-order valence-corrected chi connectivity index (χ4v) is 3.45. The number of nitrogens with zero attached hydrogens (tertiary/aromatic N) is 2. The number of carbonyl (C=O) groups is 3. The van der Waals surface area contributed by atoms with Crippen molar-refractivity contribution in [3.8, 4) is 0 Å². The van der Waals surface area contributed by atoms with E-state index in [0.717, 1.165) is 59.3 Å². The maximum atomic E-state index is 12.9. The molecule has 3 amide bonds. The van der Waals surface area contributed by atoms with E-state index in [1.807, 2.05) is 0 Å². The Morgan fingerprint density at radius 3 is 2.46 bits per heavy atom. The van der Waals surface area contributed by atoms with Gasteiger partial charge in [-0.2, -0.15) is 13.2 Å². The van der Waals surface area contributed by atoms with Crippen LogP contribution in [0.1, 0.15) is 24.8 Å². The van der Waals surface area contributed by atoms with Gasteiger partial charge in [0.2, 0.25) is 5.91 Å². The molecule has 1 aromatic carbocycles. The van der Waals surface area contributed by atoms with Crippen LogP contribution in [0.3, 0.4) is 0 Å². The van der Waals surface area contributed by atoms with Gasteiger partial charge in [0.05, 0.1) is 18.7 Å². The van der Waals surface area contributed by atoms with E-state index in [0.29, 0.717) is 0 Å². The molecule has 0 atom stereocenters. The number of quaternary nitrogens is 1. The number of hydrogen-bond donors (Lipinski definition) is 2. The first-order valence-corrected chi connectivity index (χ1v) is 9.15. The van der Waals surface area contributed by atoms with Crippen LogP contribution in [0.4, 0.5) is 18.9 Å². The zero-order valence-corrected chi connectivity index (χ0v) is 15.2. The van der Waals surface area contributed by atoms with Crippen LogP contribution in [0.15, 0.2) is 24.3 Å².